The number of amides is 1. The first-order valence-electron chi connectivity index (χ1n) is 8.05. The van der Waals surface area contributed by atoms with Crippen molar-refractivity contribution in [1.29, 1.82) is 0 Å². The van der Waals surface area contributed by atoms with E-state index in [0.29, 0.717) is 18.5 Å². The highest BCUT2D eigenvalue weighted by atomic mass is 16.5. The van der Waals surface area contributed by atoms with Gasteiger partial charge in [-0.1, -0.05) is 18.2 Å². The van der Waals surface area contributed by atoms with E-state index in [4.69, 9.17) is 0 Å². The average Bonchev–Trinajstić information content (AvgIpc) is 3.18. The molecular weight excluding hydrogens is 320 g/mol. The quantitative estimate of drug-likeness (QED) is 0.675. The normalized spacial score (nSPS) is 10.8. The SMILES string of the molecule is COC(=O)c1nn(C)cc1NC(=O)CCCc1c[nH]c2ccccc12. The summed E-state index contributed by atoms with van der Waals surface area (Å²) < 4.78 is 6.14. The molecule has 25 heavy (non-hydrogen) atoms. The lowest BCUT2D eigenvalue weighted by Gasteiger charge is -2.04. The van der Waals surface area contributed by atoms with Gasteiger partial charge in [0.15, 0.2) is 5.69 Å². The zero-order valence-electron chi connectivity index (χ0n) is 14.2. The highest BCUT2D eigenvalue weighted by molar-refractivity contribution is 5.99. The van der Waals surface area contributed by atoms with E-state index in [1.165, 1.54) is 22.7 Å². The van der Waals surface area contributed by atoms with Gasteiger partial charge in [0.25, 0.3) is 0 Å². The summed E-state index contributed by atoms with van der Waals surface area (Å²) >= 11 is 0. The lowest BCUT2D eigenvalue weighted by atomic mass is 10.1. The van der Waals surface area contributed by atoms with Gasteiger partial charge in [-0.2, -0.15) is 5.10 Å². The molecule has 130 valence electrons. The minimum Gasteiger partial charge on any atom is -0.464 e. The van der Waals surface area contributed by atoms with Gasteiger partial charge in [0.2, 0.25) is 5.91 Å². The maximum atomic E-state index is 12.2. The van der Waals surface area contributed by atoms with E-state index >= 15 is 0 Å². The zero-order valence-corrected chi connectivity index (χ0v) is 14.2. The van der Waals surface area contributed by atoms with Gasteiger partial charge >= 0.3 is 5.97 Å². The number of H-pyrrole nitrogens is 1. The lowest BCUT2D eigenvalue weighted by molar-refractivity contribution is -0.116. The van der Waals surface area contributed by atoms with Gasteiger partial charge in [0.05, 0.1) is 12.8 Å². The zero-order chi connectivity index (χ0) is 17.8. The first-order valence-corrected chi connectivity index (χ1v) is 8.05. The van der Waals surface area contributed by atoms with Crippen LogP contribution in [0.25, 0.3) is 10.9 Å². The van der Waals surface area contributed by atoms with Crippen molar-refractivity contribution in [3.05, 3.63) is 47.9 Å². The number of nitrogens with one attached hydrogen (secondary N) is 2. The molecule has 2 heterocycles. The van der Waals surface area contributed by atoms with Gasteiger partial charge in [0, 0.05) is 36.8 Å². The predicted octanol–water partition coefficient (Wildman–Crippen LogP) is 2.65. The average molecular weight is 340 g/mol. The van der Waals surface area contributed by atoms with Crippen LogP contribution in [0, 0.1) is 0 Å². The van der Waals surface area contributed by atoms with Gasteiger partial charge < -0.3 is 15.0 Å². The molecule has 0 saturated heterocycles. The Kier molecular flexibility index (Phi) is 4.83. The monoisotopic (exact) mass is 340 g/mol. The van der Waals surface area contributed by atoms with Crippen LogP contribution in [0.1, 0.15) is 28.9 Å². The fraction of sp³-hybridized carbons (Fsp3) is 0.278. The number of fused-ring (bicyclic) bond motifs is 1. The number of ether oxygens (including phenoxy) is 1. The van der Waals surface area contributed by atoms with E-state index in [2.05, 4.69) is 26.2 Å². The second-order valence-corrected chi connectivity index (χ2v) is 5.82. The molecule has 1 aromatic carbocycles. The Hall–Kier alpha value is -3.09. The molecule has 2 N–H and O–H groups in total. The number of carbonyl (C=O) groups excluding carboxylic acids is 2. The molecule has 1 amide bonds. The minimum absolute atomic E-state index is 0.106. The lowest BCUT2D eigenvalue weighted by Crippen LogP contribution is -2.14. The third kappa shape index (κ3) is 3.71. The number of benzene rings is 1. The second kappa shape index (κ2) is 7.21. The van der Waals surface area contributed by atoms with Crippen LogP contribution in [-0.4, -0.2) is 33.8 Å². The van der Waals surface area contributed by atoms with Gasteiger partial charge in [-0.15, -0.1) is 0 Å². The summed E-state index contributed by atoms with van der Waals surface area (Å²) in [5.41, 5.74) is 2.77. The highest BCUT2D eigenvalue weighted by Crippen LogP contribution is 2.20. The van der Waals surface area contributed by atoms with E-state index in [1.807, 2.05) is 24.4 Å². The van der Waals surface area contributed by atoms with Crippen LogP contribution in [0.4, 0.5) is 5.69 Å². The number of para-hydroxylation sites is 1. The fourth-order valence-corrected chi connectivity index (χ4v) is 2.82. The maximum absolute atomic E-state index is 12.2. The molecule has 0 bridgehead atoms. The van der Waals surface area contributed by atoms with Crippen LogP contribution in [0.5, 0.6) is 0 Å². The molecule has 0 aliphatic rings. The van der Waals surface area contributed by atoms with Crippen molar-refractivity contribution >= 4 is 28.5 Å². The highest BCUT2D eigenvalue weighted by Gasteiger charge is 2.18. The summed E-state index contributed by atoms with van der Waals surface area (Å²) in [6.45, 7) is 0. The molecule has 7 nitrogen and oxygen atoms in total. The van der Waals surface area contributed by atoms with Crippen LogP contribution in [0.15, 0.2) is 36.7 Å². The number of methoxy groups -OCH3 is 1. The summed E-state index contributed by atoms with van der Waals surface area (Å²) in [7, 11) is 2.96. The first-order chi connectivity index (χ1) is 12.1. The number of aromatic amines is 1. The van der Waals surface area contributed by atoms with E-state index in [-0.39, 0.29) is 11.6 Å². The third-order valence-corrected chi connectivity index (χ3v) is 4.01. The molecule has 3 rings (SSSR count). The van der Waals surface area contributed by atoms with Crippen molar-refractivity contribution in [2.45, 2.75) is 19.3 Å². The largest absolute Gasteiger partial charge is 0.464 e. The number of rotatable bonds is 6. The smallest absolute Gasteiger partial charge is 0.360 e. The standard InChI is InChI=1S/C18H20N4O3/c1-22-11-15(17(21-22)18(24)25-2)20-16(23)9-5-6-12-10-19-14-8-4-3-7-13(12)14/h3-4,7-8,10-11,19H,5-6,9H2,1-2H3,(H,20,23). The molecule has 0 aliphatic heterocycles. The summed E-state index contributed by atoms with van der Waals surface area (Å²) in [4.78, 5) is 27.1. The van der Waals surface area contributed by atoms with Crippen LogP contribution in [0.2, 0.25) is 0 Å². The van der Waals surface area contributed by atoms with Gasteiger partial charge in [-0.05, 0) is 24.5 Å². The Balaban J connectivity index is 1.58. The molecule has 0 fully saturated rings. The molecule has 2 aromatic heterocycles. The summed E-state index contributed by atoms with van der Waals surface area (Å²) in [6, 6.07) is 8.09. The number of hydrogen-bond acceptors (Lipinski definition) is 4. The predicted molar refractivity (Wildman–Crippen MR) is 94.4 cm³/mol. The number of nitrogens with zero attached hydrogens (tertiary/aromatic N) is 2. The van der Waals surface area contributed by atoms with Crippen LogP contribution < -0.4 is 5.32 Å². The van der Waals surface area contributed by atoms with Crippen molar-refractivity contribution in [3.63, 3.8) is 0 Å². The Bertz CT molecular complexity index is 910. The number of hydrogen-bond donors (Lipinski definition) is 2. The number of anilines is 1. The van der Waals surface area contributed by atoms with E-state index in [0.717, 1.165) is 11.9 Å². The first kappa shape index (κ1) is 16.8. The molecule has 0 atom stereocenters. The van der Waals surface area contributed by atoms with Crippen molar-refractivity contribution in [3.8, 4) is 0 Å². The Morgan fingerprint density at radius 1 is 1.32 bits per heavy atom. The van der Waals surface area contributed by atoms with E-state index in [1.54, 1.807) is 13.2 Å². The molecule has 0 spiro atoms. The third-order valence-electron chi connectivity index (χ3n) is 4.01. The Labute approximate surface area is 145 Å². The topological polar surface area (TPSA) is 89.0 Å². The molecule has 0 aliphatic carbocycles. The molecule has 7 heteroatoms. The van der Waals surface area contributed by atoms with Crippen LogP contribution in [0.3, 0.4) is 0 Å². The summed E-state index contributed by atoms with van der Waals surface area (Å²) in [5.74, 6) is -0.729. The van der Waals surface area contributed by atoms with E-state index < -0.39 is 5.97 Å². The molecule has 0 radical (unpaired) electrons. The van der Waals surface area contributed by atoms with Gasteiger partial charge in [-0.3, -0.25) is 9.48 Å². The minimum atomic E-state index is -0.574. The molecular formula is C18H20N4O3. The van der Waals surface area contributed by atoms with Crippen LogP contribution >= 0.6 is 0 Å². The summed E-state index contributed by atoms with van der Waals surface area (Å²) in [5, 5.41) is 7.93. The number of carbonyl (C=O) groups is 2. The van der Waals surface area contributed by atoms with Crippen LogP contribution in [-0.2, 0) is 23.0 Å². The number of aromatic nitrogens is 3. The summed E-state index contributed by atoms with van der Waals surface area (Å²) in [6.07, 6.45) is 5.44. The van der Waals surface area contributed by atoms with Gasteiger partial charge in [-0.25, -0.2) is 4.79 Å². The maximum Gasteiger partial charge on any atom is 0.360 e. The van der Waals surface area contributed by atoms with Crippen molar-refractivity contribution in [2.75, 3.05) is 12.4 Å². The number of aryl methyl sites for hydroxylation is 2. The molecule has 0 saturated carbocycles. The van der Waals surface area contributed by atoms with Crippen molar-refractivity contribution in [1.82, 2.24) is 14.8 Å². The Morgan fingerprint density at radius 3 is 2.92 bits per heavy atom. The van der Waals surface area contributed by atoms with Crippen molar-refractivity contribution < 1.29 is 14.3 Å². The fourth-order valence-electron chi connectivity index (χ4n) is 2.82. The van der Waals surface area contributed by atoms with E-state index in [9.17, 15) is 9.59 Å². The van der Waals surface area contributed by atoms with Crippen molar-refractivity contribution in [2.24, 2.45) is 7.05 Å². The molecule has 3 aromatic rings. The number of esters is 1. The second-order valence-electron chi connectivity index (χ2n) is 5.82. The molecule has 0 unspecified atom stereocenters. The van der Waals surface area contributed by atoms with Gasteiger partial charge in [0.1, 0.15) is 0 Å². The Morgan fingerprint density at radius 2 is 2.12 bits per heavy atom.